The first-order chi connectivity index (χ1) is 4.61. The van der Waals surface area contributed by atoms with E-state index in [1.807, 2.05) is 6.33 Å². The van der Waals surface area contributed by atoms with E-state index in [-0.39, 0.29) is 0 Å². The molecular formula is C4HF3N3. The van der Waals surface area contributed by atoms with E-state index in [9.17, 15) is 13.2 Å². The maximum Gasteiger partial charge on any atom is 0.436 e. The third-order valence-corrected chi connectivity index (χ3v) is 0.737. The minimum atomic E-state index is -4.46. The van der Waals surface area contributed by atoms with Gasteiger partial charge >= 0.3 is 6.18 Å². The number of halogens is 3. The average molecular weight is 148 g/mol. The van der Waals surface area contributed by atoms with Crippen molar-refractivity contribution in [3.8, 4) is 0 Å². The fraction of sp³-hybridized carbons (Fsp3) is 0.250. The van der Waals surface area contributed by atoms with Gasteiger partial charge in [-0.15, -0.1) is 10.2 Å². The molecule has 1 radical (unpaired) electrons. The van der Waals surface area contributed by atoms with Gasteiger partial charge in [0.05, 0.1) is 6.20 Å². The predicted octanol–water partition coefficient (Wildman–Crippen LogP) is 0.691. The van der Waals surface area contributed by atoms with E-state index in [2.05, 4.69) is 15.2 Å². The third kappa shape index (κ3) is 1.40. The van der Waals surface area contributed by atoms with Crippen molar-refractivity contribution < 1.29 is 13.2 Å². The molecule has 0 aliphatic rings. The van der Waals surface area contributed by atoms with E-state index >= 15 is 0 Å². The van der Waals surface area contributed by atoms with Gasteiger partial charge in [0.2, 0.25) is 6.33 Å². The van der Waals surface area contributed by atoms with Crippen LogP contribution >= 0.6 is 0 Å². The molecule has 0 atom stereocenters. The minimum Gasteiger partial charge on any atom is -0.230 e. The zero-order valence-electron chi connectivity index (χ0n) is 4.55. The van der Waals surface area contributed by atoms with Crippen molar-refractivity contribution in [2.45, 2.75) is 6.18 Å². The summed E-state index contributed by atoms with van der Waals surface area (Å²) in [6, 6.07) is 0. The first-order valence-corrected chi connectivity index (χ1v) is 2.23. The summed E-state index contributed by atoms with van der Waals surface area (Å²) in [6.45, 7) is 0. The molecule has 1 rings (SSSR count). The van der Waals surface area contributed by atoms with Crippen LogP contribution in [-0.2, 0) is 6.18 Å². The Labute approximate surface area is 53.9 Å². The normalized spacial score (nSPS) is 11.5. The molecule has 0 saturated carbocycles. The monoisotopic (exact) mass is 148 g/mol. The van der Waals surface area contributed by atoms with E-state index in [0.29, 0.717) is 6.20 Å². The highest BCUT2D eigenvalue weighted by molar-refractivity contribution is 4.95. The first-order valence-electron chi connectivity index (χ1n) is 2.23. The molecule has 0 saturated heterocycles. The van der Waals surface area contributed by atoms with Gasteiger partial charge in [0.25, 0.3) is 0 Å². The van der Waals surface area contributed by atoms with E-state index in [0.717, 1.165) is 0 Å². The Bertz CT molecular complexity index is 207. The van der Waals surface area contributed by atoms with Gasteiger partial charge in [-0.3, -0.25) is 0 Å². The van der Waals surface area contributed by atoms with Crippen molar-refractivity contribution >= 4 is 0 Å². The number of alkyl halides is 3. The first kappa shape index (κ1) is 6.91. The van der Waals surface area contributed by atoms with E-state index in [1.54, 1.807) is 0 Å². The quantitative estimate of drug-likeness (QED) is 0.543. The van der Waals surface area contributed by atoms with Crippen molar-refractivity contribution in [3.05, 3.63) is 18.2 Å². The summed E-state index contributed by atoms with van der Waals surface area (Å²) >= 11 is 0. The number of hydrogen-bond acceptors (Lipinski definition) is 3. The second-order valence-corrected chi connectivity index (χ2v) is 1.44. The fourth-order valence-electron chi connectivity index (χ4n) is 0.348. The molecule has 0 fully saturated rings. The highest BCUT2D eigenvalue weighted by atomic mass is 19.4. The van der Waals surface area contributed by atoms with Crippen LogP contribution in [0, 0.1) is 6.33 Å². The van der Waals surface area contributed by atoms with Crippen LogP contribution in [0.25, 0.3) is 0 Å². The molecule has 1 aromatic heterocycles. The SMILES string of the molecule is FC(F)(F)c1cn[c]nn1. The van der Waals surface area contributed by atoms with Crippen LogP contribution in [0.2, 0.25) is 0 Å². The molecule has 0 amide bonds. The third-order valence-electron chi connectivity index (χ3n) is 0.737. The van der Waals surface area contributed by atoms with E-state index in [1.165, 1.54) is 0 Å². The molecule has 1 heterocycles. The minimum absolute atomic E-state index is 0.562. The zero-order valence-corrected chi connectivity index (χ0v) is 4.55. The molecule has 0 unspecified atom stereocenters. The van der Waals surface area contributed by atoms with Crippen LogP contribution in [0.4, 0.5) is 13.2 Å². The number of hydrogen-bond donors (Lipinski definition) is 0. The van der Waals surface area contributed by atoms with Crippen molar-refractivity contribution in [2.75, 3.05) is 0 Å². The Morgan fingerprint density at radius 3 is 2.40 bits per heavy atom. The summed E-state index contributed by atoms with van der Waals surface area (Å²) in [6.07, 6.45) is -2.01. The molecule has 0 spiro atoms. The maximum atomic E-state index is 11.6. The van der Waals surface area contributed by atoms with Crippen LogP contribution in [-0.4, -0.2) is 15.2 Å². The van der Waals surface area contributed by atoms with E-state index in [4.69, 9.17) is 0 Å². The highest BCUT2D eigenvalue weighted by Gasteiger charge is 2.33. The second kappa shape index (κ2) is 2.20. The van der Waals surface area contributed by atoms with Crippen LogP contribution < -0.4 is 0 Å². The number of nitrogens with zero attached hydrogens (tertiary/aromatic N) is 3. The van der Waals surface area contributed by atoms with Gasteiger partial charge in [-0.25, -0.2) is 4.98 Å². The lowest BCUT2D eigenvalue weighted by Crippen LogP contribution is -2.09. The highest BCUT2D eigenvalue weighted by Crippen LogP contribution is 2.25. The van der Waals surface area contributed by atoms with Gasteiger partial charge in [0.1, 0.15) is 0 Å². The summed E-state index contributed by atoms with van der Waals surface area (Å²) in [4.78, 5) is 3.03. The predicted molar refractivity (Wildman–Crippen MR) is 23.7 cm³/mol. The standard InChI is InChI=1S/C4HF3N3/c5-4(6,7)3-1-8-2-9-10-3/h1H. The van der Waals surface area contributed by atoms with Gasteiger partial charge in [-0.1, -0.05) is 0 Å². The van der Waals surface area contributed by atoms with Crippen LogP contribution in [0.5, 0.6) is 0 Å². The molecular weight excluding hydrogens is 147 g/mol. The average Bonchev–Trinajstić information content (AvgIpc) is 1.88. The molecule has 0 bridgehead atoms. The Kier molecular flexibility index (Phi) is 1.52. The van der Waals surface area contributed by atoms with Crippen LogP contribution in [0.15, 0.2) is 6.20 Å². The molecule has 3 nitrogen and oxygen atoms in total. The lowest BCUT2D eigenvalue weighted by atomic mass is 10.5. The van der Waals surface area contributed by atoms with Gasteiger partial charge in [0, 0.05) is 0 Å². The Morgan fingerprint density at radius 2 is 2.10 bits per heavy atom. The van der Waals surface area contributed by atoms with Gasteiger partial charge in [-0.2, -0.15) is 13.2 Å². The Morgan fingerprint density at radius 1 is 1.40 bits per heavy atom. The number of aromatic nitrogens is 3. The molecule has 0 aromatic carbocycles. The molecule has 0 aliphatic carbocycles. The van der Waals surface area contributed by atoms with Gasteiger partial charge in [0.15, 0.2) is 5.69 Å². The van der Waals surface area contributed by atoms with Crippen molar-refractivity contribution in [1.29, 1.82) is 0 Å². The summed E-state index contributed by atoms with van der Waals surface area (Å²) in [5.74, 6) is 0. The lowest BCUT2D eigenvalue weighted by Gasteiger charge is -2.00. The Hall–Kier alpha value is -1.20. The largest absolute Gasteiger partial charge is 0.436 e. The van der Waals surface area contributed by atoms with Gasteiger partial charge < -0.3 is 0 Å². The fourth-order valence-corrected chi connectivity index (χ4v) is 0.348. The summed E-state index contributed by atoms with van der Waals surface area (Å²) < 4.78 is 34.9. The van der Waals surface area contributed by atoms with Crippen LogP contribution in [0.1, 0.15) is 5.69 Å². The number of rotatable bonds is 0. The van der Waals surface area contributed by atoms with Crippen molar-refractivity contribution in [2.24, 2.45) is 0 Å². The lowest BCUT2D eigenvalue weighted by molar-refractivity contribution is -0.142. The molecule has 53 valence electrons. The molecule has 6 heteroatoms. The summed E-state index contributed by atoms with van der Waals surface area (Å²) in [7, 11) is 0. The molecule has 0 aliphatic heterocycles. The molecule has 1 aromatic rings. The van der Waals surface area contributed by atoms with Crippen LogP contribution in [0.3, 0.4) is 0 Å². The van der Waals surface area contributed by atoms with E-state index < -0.39 is 11.9 Å². The van der Waals surface area contributed by atoms with Crippen molar-refractivity contribution in [1.82, 2.24) is 15.2 Å². The van der Waals surface area contributed by atoms with Gasteiger partial charge in [-0.05, 0) is 0 Å². The Balaban J connectivity index is 2.97. The second-order valence-electron chi connectivity index (χ2n) is 1.44. The zero-order chi connectivity index (χ0) is 7.61. The summed E-state index contributed by atoms with van der Waals surface area (Å²) in [5.41, 5.74) is -1.11. The molecule has 0 N–H and O–H groups in total. The maximum absolute atomic E-state index is 11.6. The molecule has 10 heavy (non-hydrogen) atoms. The smallest absolute Gasteiger partial charge is 0.230 e. The van der Waals surface area contributed by atoms with Crippen molar-refractivity contribution in [3.63, 3.8) is 0 Å². The topological polar surface area (TPSA) is 38.7 Å². The summed E-state index contributed by atoms with van der Waals surface area (Å²) in [5, 5.41) is 5.60.